The number of likely N-dealkylation sites (tertiary alicyclic amines) is 1. The van der Waals surface area contributed by atoms with Gasteiger partial charge in [0.25, 0.3) is 0 Å². The van der Waals surface area contributed by atoms with Crippen molar-refractivity contribution in [1.29, 1.82) is 0 Å². The molecule has 2 aromatic carbocycles. The van der Waals surface area contributed by atoms with E-state index in [9.17, 15) is 10.2 Å². The van der Waals surface area contributed by atoms with Crippen LogP contribution in [0, 0.1) is 0 Å². The summed E-state index contributed by atoms with van der Waals surface area (Å²) < 4.78 is 8.58. The lowest BCUT2D eigenvalue weighted by molar-refractivity contribution is -0.0587. The molecule has 2 aliphatic heterocycles. The summed E-state index contributed by atoms with van der Waals surface area (Å²) >= 11 is 6.09. The van der Waals surface area contributed by atoms with Gasteiger partial charge in [-0.25, -0.2) is 0 Å². The maximum Gasteiger partial charge on any atom is 0.126 e. The number of hydrogen-bond donors (Lipinski definition) is 2. The lowest BCUT2D eigenvalue weighted by Gasteiger charge is -2.46. The Kier molecular flexibility index (Phi) is 5.47. The zero-order valence-corrected chi connectivity index (χ0v) is 18.6. The molecule has 2 aliphatic rings. The van der Waals surface area contributed by atoms with Crippen LogP contribution in [0.2, 0.25) is 5.02 Å². The minimum atomic E-state index is -0.556. The summed E-state index contributed by atoms with van der Waals surface area (Å²) in [7, 11) is 0. The fourth-order valence-electron chi connectivity index (χ4n) is 5.20. The molecule has 1 aromatic heterocycles. The molecule has 164 valence electrons. The number of hydrogen-bond acceptors (Lipinski definition) is 4. The molecule has 1 saturated heterocycles. The zero-order chi connectivity index (χ0) is 21.6. The van der Waals surface area contributed by atoms with Crippen LogP contribution in [-0.4, -0.2) is 44.9 Å². The van der Waals surface area contributed by atoms with Crippen LogP contribution in [0.1, 0.15) is 49.5 Å². The molecule has 0 amide bonds. The Balaban J connectivity index is 1.27. The second kappa shape index (κ2) is 8.14. The molecule has 31 heavy (non-hydrogen) atoms. The molecule has 1 spiro atoms. The molecule has 0 aliphatic carbocycles. The lowest BCUT2D eigenvalue weighted by Crippen LogP contribution is -2.51. The molecule has 0 radical (unpaired) electrons. The Labute approximate surface area is 187 Å². The normalized spacial score (nSPS) is 21.7. The summed E-state index contributed by atoms with van der Waals surface area (Å²) in [6.45, 7) is 5.27. The molecular weight excluding hydrogens is 412 g/mol. The van der Waals surface area contributed by atoms with Gasteiger partial charge in [0.05, 0.1) is 12.2 Å². The van der Waals surface area contributed by atoms with Crippen molar-refractivity contribution in [3.8, 4) is 5.75 Å². The van der Waals surface area contributed by atoms with Crippen molar-refractivity contribution in [3.63, 3.8) is 0 Å². The zero-order valence-electron chi connectivity index (χ0n) is 17.8. The fraction of sp³-hybridized carbons (Fsp3) is 0.440. The number of halogens is 1. The summed E-state index contributed by atoms with van der Waals surface area (Å²) in [5, 5.41) is 23.5. The Morgan fingerprint density at radius 1 is 1.19 bits per heavy atom. The van der Waals surface area contributed by atoms with E-state index in [1.807, 2.05) is 24.3 Å². The number of ether oxygens (including phenoxy) is 1. The second-order valence-electron chi connectivity index (χ2n) is 8.89. The van der Waals surface area contributed by atoms with Gasteiger partial charge in [0.15, 0.2) is 0 Å². The molecule has 5 nitrogen and oxygen atoms in total. The predicted octanol–water partition coefficient (Wildman–Crippen LogP) is 4.70. The molecule has 2 atom stereocenters. The first-order valence-corrected chi connectivity index (χ1v) is 11.5. The number of aromatic nitrogens is 1. The number of piperidine rings is 1. The highest BCUT2D eigenvalue weighted by Gasteiger charge is 2.43. The van der Waals surface area contributed by atoms with E-state index in [2.05, 4.69) is 34.7 Å². The lowest BCUT2D eigenvalue weighted by atomic mass is 9.81. The number of aliphatic hydroxyl groups excluding tert-OH is 2. The molecule has 6 heteroatoms. The van der Waals surface area contributed by atoms with Crippen molar-refractivity contribution in [2.45, 2.75) is 50.5 Å². The van der Waals surface area contributed by atoms with Gasteiger partial charge in [-0.05, 0) is 44.0 Å². The van der Waals surface area contributed by atoms with Gasteiger partial charge in [-0.15, -0.1) is 0 Å². The SMILES string of the molecule is CCn1cc([C@@H](O)CN2CCC3(CC2)C[C@H](O)c2cc(Cl)ccc2O3)c2ccccc21. The Hall–Kier alpha value is -2.05. The number of aliphatic hydroxyl groups is 2. The van der Waals surface area contributed by atoms with E-state index in [-0.39, 0.29) is 5.60 Å². The van der Waals surface area contributed by atoms with Gasteiger partial charge in [-0.2, -0.15) is 0 Å². The van der Waals surface area contributed by atoms with E-state index in [0.717, 1.165) is 54.7 Å². The van der Waals surface area contributed by atoms with Gasteiger partial charge in [0.2, 0.25) is 0 Å². The second-order valence-corrected chi connectivity index (χ2v) is 9.33. The van der Waals surface area contributed by atoms with E-state index in [1.54, 1.807) is 6.07 Å². The Bertz CT molecular complexity index is 1090. The summed E-state index contributed by atoms with van der Waals surface area (Å²) in [6, 6.07) is 13.7. The third kappa shape index (κ3) is 3.85. The highest BCUT2D eigenvalue weighted by molar-refractivity contribution is 6.30. The highest BCUT2D eigenvalue weighted by atomic mass is 35.5. The first-order chi connectivity index (χ1) is 15.0. The van der Waals surface area contributed by atoms with Crippen LogP contribution < -0.4 is 4.74 Å². The summed E-state index contributed by atoms with van der Waals surface area (Å²) in [5.41, 5.74) is 2.59. The van der Waals surface area contributed by atoms with Crippen LogP contribution >= 0.6 is 11.6 Å². The molecule has 3 aromatic rings. The number of para-hydroxylation sites is 1. The Morgan fingerprint density at radius 3 is 2.74 bits per heavy atom. The molecule has 5 rings (SSSR count). The van der Waals surface area contributed by atoms with Gasteiger partial charge in [0, 0.05) is 65.8 Å². The minimum Gasteiger partial charge on any atom is -0.487 e. The minimum absolute atomic E-state index is 0.347. The highest BCUT2D eigenvalue weighted by Crippen LogP contribution is 2.45. The van der Waals surface area contributed by atoms with Gasteiger partial charge in [0.1, 0.15) is 11.4 Å². The maximum atomic E-state index is 11.0. The van der Waals surface area contributed by atoms with Crippen molar-refractivity contribution in [2.75, 3.05) is 19.6 Å². The first-order valence-electron chi connectivity index (χ1n) is 11.1. The number of β-amino-alcohol motifs (C(OH)–C–C–N with tert-alkyl or cyclic N) is 1. The van der Waals surface area contributed by atoms with E-state index in [1.165, 1.54) is 5.52 Å². The number of rotatable bonds is 4. The average molecular weight is 441 g/mol. The molecule has 0 unspecified atom stereocenters. The topological polar surface area (TPSA) is 57.9 Å². The predicted molar refractivity (Wildman–Crippen MR) is 123 cm³/mol. The average Bonchev–Trinajstić information content (AvgIpc) is 3.15. The van der Waals surface area contributed by atoms with Crippen molar-refractivity contribution >= 4 is 22.5 Å². The largest absolute Gasteiger partial charge is 0.487 e. The molecule has 0 bridgehead atoms. The van der Waals surface area contributed by atoms with Crippen molar-refractivity contribution in [1.82, 2.24) is 9.47 Å². The molecular formula is C25H29ClN2O3. The van der Waals surface area contributed by atoms with Gasteiger partial charge in [-0.3, -0.25) is 0 Å². The molecule has 2 N–H and O–H groups in total. The third-order valence-electron chi connectivity index (χ3n) is 6.94. The molecule has 1 fully saturated rings. The quantitative estimate of drug-likeness (QED) is 0.617. The number of aryl methyl sites for hydroxylation is 1. The van der Waals surface area contributed by atoms with Crippen LogP contribution in [0.5, 0.6) is 5.75 Å². The number of benzene rings is 2. The van der Waals surface area contributed by atoms with E-state index >= 15 is 0 Å². The van der Waals surface area contributed by atoms with Crippen LogP contribution in [0.3, 0.4) is 0 Å². The van der Waals surface area contributed by atoms with Gasteiger partial charge in [-0.1, -0.05) is 29.8 Å². The van der Waals surface area contributed by atoms with Crippen molar-refractivity contribution in [2.24, 2.45) is 0 Å². The molecule has 3 heterocycles. The van der Waals surface area contributed by atoms with Crippen LogP contribution in [0.25, 0.3) is 10.9 Å². The first kappa shape index (κ1) is 20.8. The van der Waals surface area contributed by atoms with Crippen LogP contribution in [-0.2, 0) is 6.54 Å². The monoisotopic (exact) mass is 440 g/mol. The van der Waals surface area contributed by atoms with Crippen LogP contribution in [0.4, 0.5) is 0 Å². The van der Waals surface area contributed by atoms with Gasteiger partial charge < -0.3 is 24.4 Å². The van der Waals surface area contributed by atoms with E-state index < -0.39 is 12.2 Å². The smallest absolute Gasteiger partial charge is 0.126 e. The summed E-state index contributed by atoms with van der Waals surface area (Å²) in [6.07, 6.45) is 3.24. The Morgan fingerprint density at radius 2 is 1.97 bits per heavy atom. The van der Waals surface area contributed by atoms with Crippen molar-refractivity contribution < 1.29 is 14.9 Å². The number of fused-ring (bicyclic) bond motifs is 2. The summed E-state index contributed by atoms with van der Waals surface area (Å²) in [5.74, 6) is 0.740. The summed E-state index contributed by atoms with van der Waals surface area (Å²) in [4.78, 5) is 2.31. The molecule has 0 saturated carbocycles. The third-order valence-corrected chi connectivity index (χ3v) is 7.18. The standard InChI is InChI=1S/C25H29ClN2O3/c1-2-28-15-20(18-5-3-4-6-21(18)28)23(30)16-27-11-9-25(10-12-27)14-22(29)19-13-17(26)7-8-24(19)31-25/h3-8,13,15,22-23,29-30H,2,9-12,14,16H2,1H3/t22-,23-/m0/s1. The fourth-order valence-corrected chi connectivity index (χ4v) is 5.39. The van der Waals surface area contributed by atoms with E-state index in [4.69, 9.17) is 16.3 Å². The van der Waals surface area contributed by atoms with Crippen LogP contribution in [0.15, 0.2) is 48.7 Å². The van der Waals surface area contributed by atoms with E-state index in [0.29, 0.717) is 18.0 Å². The maximum absolute atomic E-state index is 11.0. The van der Waals surface area contributed by atoms with Crippen molar-refractivity contribution in [3.05, 3.63) is 64.8 Å². The van der Waals surface area contributed by atoms with Gasteiger partial charge >= 0.3 is 0 Å². The number of nitrogens with zero attached hydrogens (tertiary/aromatic N) is 2.